The number of hydrogen-bond donors (Lipinski definition) is 1. The van der Waals surface area contributed by atoms with Crippen LogP contribution >= 0.6 is 0 Å². The third-order valence-electron chi connectivity index (χ3n) is 3.58. The van der Waals surface area contributed by atoms with Crippen LogP contribution in [0.1, 0.15) is 31.8 Å². The van der Waals surface area contributed by atoms with Crippen molar-refractivity contribution in [1.82, 2.24) is 5.32 Å². The van der Waals surface area contributed by atoms with Crippen molar-refractivity contribution in [2.45, 2.75) is 0 Å². The molecule has 1 aliphatic heterocycles. The second kappa shape index (κ2) is 5.88. The van der Waals surface area contributed by atoms with Crippen LogP contribution in [-0.4, -0.2) is 24.9 Å². The summed E-state index contributed by atoms with van der Waals surface area (Å²) < 4.78 is 4.65. The lowest BCUT2D eigenvalue weighted by atomic mass is 9.93. The van der Waals surface area contributed by atoms with E-state index in [9.17, 15) is 14.4 Å². The number of rotatable bonds is 2. The highest BCUT2D eigenvalue weighted by molar-refractivity contribution is 6.33. The van der Waals surface area contributed by atoms with E-state index in [0.717, 1.165) is 5.56 Å². The summed E-state index contributed by atoms with van der Waals surface area (Å²) in [4.78, 5) is 35.4. The second-order valence-electron chi connectivity index (χ2n) is 5.00. The van der Waals surface area contributed by atoms with Crippen molar-refractivity contribution in [1.29, 1.82) is 0 Å². The fraction of sp³-hybridized carbons (Fsp3) is 0.0556. The van der Waals surface area contributed by atoms with Gasteiger partial charge in [-0.15, -0.1) is 0 Å². The summed E-state index contributed by atoms with van der Waals surface area (Å²) in [6.45, 7) is 0. The molecular formula is C18H13NO4. The molecule has 0 radical (unpaired) electrons. The molecule has 2 aromatic carbocycles. The third kappa shape index (κ3) is 2.76. The summed E-state index contributed by atoms with van der Waals surface area (Å²) in [5.41, 5.74) is 2.64. The van der Waals surface area contributed by atoms with Crippen LogP contribution in [0.15, 0.2) is 48.5 Å². The number of ether oxygens (including phenoxy) is 1. The topological polar surface area (TPSA) is 72.5 Å². The van der Waals surface area contributed by atoms with Gasteiger partial charge in [-0.05, 0) is 35.4 Å². The van der Waals surface area contributed by atoms with Crippen molar-refractivity contribution in [3.05, 3.63) is 70.8 Å². The summed E-state index contributed by atoms with van der Waals surface area (Å²) in [6.07, 6.45) is 1.68. The van der Waals surface area contributed by atoms with Crippen LogP contribution in [0.5, 0.6) is 0 Å². The lowest BCUT2D eigenvalue weighted by Gasteiger charge is -2.18. The van der Waals surface area contributed by atoms with Gasteiger partial charge in [0.25, 0.3) is 11.8 Å². The predicted octanol–water partition coefficient (Wildman–Crippen LogP) is 2.28. The maximum Gasteiger partial charge on any atom is 0.337 e. The molecule has 2 aromatic rings. The van der Waals surface area contributed by atoms with Gasteiger partial charge in [-0.2, -0.15) is 0 Å². The molecule has 0 saturated carbocycles. The van der Waals surface area contributed by atoms with E-state index in [1.54, 1.807) is 54.6 Å². The highest BCUT2D eigenvalue weighted by Crippen LogP contribution is 2.26. The Kier molecular flexibility index (Phi) is 3.76. The number of methoxy groups -OCH3 is 1. The molecule has 1 N–H and O–H groups in total. The van der Waals surface area contributed by atoms with Gasteiger partial charge in [0.1, 0.15) is 0 Å². The van der Waals surface area contributed by atoms with Crippen molar-refractivity contribution >= 4 is 29.4 Å². The fourth-order valence-electron chi connectivity index (χ4n) is 2.42. The Balaban J connectivity index is 2.02. The maximum atomic E-state index is 12.1. The average molecular weight is 307 g/mol. The molecule has 3 rings (SSSR count). The van der Waals surface area contributed by atoms with E-state index in [1.165, 1.54) is 7.11 Å². The molecule has 23 heavy (non-hydrogen) atoms. The first kappa shape index (κ1) is 14.7. The molecule has 1 aliphatic rings. The number of imide groups is 1. The number of carbonyl (C=O) groups is 3. The number of benzene rings is 2. The second-order valence-corrected chi connectivity index (χ2v) is 5.00. The first-order chi connectivity index (χ1) is 11.1. The summed E-state index contributed by atoms with van der Waals surface area (Å²) in [5.74, 6) is -1.26. The summed E-state index contributed by atoms with van der Waals surface area (Å²) in [6, 6.07) is 13.6. The number of esters is 1. The Morgan fingerprint density at radius 3 is 2.26 bits per heavy atom. The largest absolute Gasteiger partial charge is 0.465 e. The van der Waals surface area contributed by atoms with Gasteiger partial charge < -0.3 is 4.74 Å². The zero-order chi connectivity index (χ0) is 16.4. The van der Waals surface area contributed by atoms with E-state index in [4.69, 9.17) is 0 Å². The Bertz CT molecular complexity index is 834. The number of fused-ring (bicyclic) bond motifs is 1. The maximum absolute atomic E-state index is 12.1. The summed E-state index contributed by atoms with van der Waals surface area (Å²) >= 11 is 0. The third-order valence-corrected chi connectivity index (χ3v) is 3.58. The van der Waals surface area contributed by atoms with Gasteiger partial charge in [-0.1, -0.05) is 30.3 Å². The SMILES string of the molecule is COC(=O)c1ccc(C=C2C(=O)NC(=O)c3ccccc32)cc1. The van der Waals surface area contributed by atoms with Gasteiger partial charge >= 0.3 is 5.97 Å². The minimum atomic E-state index is -0.439. The van der Waals surface area contributed by atoms with Crippen LogP contribution in [0.3, 0.4) is 0 Å². The monoisotopic (exact) mass is 307 g/mol. The van der Waals surface area contributed by atoms with Crippen molar-refractivity contribution in [3.63, 3.8) is 0 Å². The van der Waals surface area contributed by atoms with Gasteiger partial charge in [0.2, 0.25) is 0 Å². The van der Waals surface area contributed by atoms with E-state index >= 15 is 0 Å². The standard InChI is InChI=1S/C18H13NO4/c1-23-18(22)12-8-6-11(7-9-12)10-15-13-4-2-3-5-14(13)16(20)19-17(15)21/h2-10H,1H3,(H,19,20,21). The molecule has 0 aliphatic carbocycles. The zero-order valence-electron chi connectivity index (χ0n) is 12.3. The van der Waals surface area contributed by atoms with Crippen LogP contribution in [0.2, 0.25) is 0 Å². The number of carbonyl (C=O) groups excluding carboxylic acids is 3. The van der Waals surface area contributed by atoms with Crippen LogP contribution in [0.25, 0.3) is 11.6 Å². The molecule has 0 aromatic heterocycles. The molecule has 0 saturated heterocycles. The highest BCUT2D eigenvalue weighted by atomic mass is 16.5. The minimum Gasteiger partial charge on any atom is -0.465 e. The van der Waals surface area contributed by atoms with Gasteiger partial charge in [-0.3, -0.25) is 14.9 Å². The molecule has 0 fully saturated rings. The molecule has 2 amide bonds. The van der Waals surface area contributed by atoms with Crippen LogP contribution in [0.4, 0.5) is 0 Å². The Labute approximate surface area is 132 Å². The van der Waals surface area contributed by atoms with Gasteiger partial charge in [0, 0.05) is 11.1 Å². The van der Waals surface area contributed by atoms with Gasteiger partial charge in [0.15, 0.2) is 0 Å². The predicted molar refractivity (Wildman–Crippen MR) is 84.6 cm³/mol. The molecule has 5 nitrogen and oxygen atoms in total. The van der Waals surface area contributed by atoms with E-state index in [1.807, 2.05) is 0 Å². The minimum absolute atomic E-state index is 0.399. The quantitative estimate of drug-likeness (QED) is 0.525. The molecule has 0 atom stereocenters. The van der Waals surface area contributed by atoms with Crippen LogP contribution in [-0.2, 0) is 9.53 Å². The molecule has 0 spiro atoms. The Morgan fingerprint density at radius 1 is 0.957 bits per heavy atom. The normalized spacial score (nSPS) is 15.1. The van der Waals surface area contributed by atoms with E-state index < -0.39 is 17.8 Å². The van der Waals surface area contributed by atoms with E-state index in [2.05, 4.69) is 10.1 Å². The van der Waals surface area contributed by atoms with Gasteiger partial charge in [-0.25, -0.2) is 4.79 Å². The average Bonchev–Trinajstić information content (AvgIpc) is 2.58. The van der Waals surface area contributed by atoms with Crippen LogP contribution < -0.4 is 5.32 Å². The molecule has 114 valence electrons. The molecule has 1 heterocycles. The highest BCUT2D eigenvalue weighted by Gasteiger charge is 2.26. The lowest BCUT2D eigenvalue weighted by Crippen LogP contribution is -2.36. The zero-order valence-corrected chi connectivity index (χ0v) is 12.3. The molecule has 0 unspecified atom stereocenters. The van der Waals surface area contributed by atoms with E-state index in [0.29, 0.717) is 22.3 Å². The lowest BCUT2D eigenvalue weighted by molar-refractivity contribution is -0.114. The summed E-state index contributed by atoms with van der Waals surface area (Å²) in [7, 11) is 1.32. The Morgan fingerprint density at radius 2 is 1.61 bits per heavy atom. The smallest absolute Gasteiger partial charge is 0.337 e. The van der Waals surface area contributed by atoms with Gasteiger partial charge in [0.05, 0.1) is 12.7 Å². The summed E-state index contributed by atoms with van der Waals surface area (Å²) in [5, 5.41) is 2.32. The number of amides is 2. The number of nitrogens with one attached hydrogen (secondary N) is 1. The van der Waals surface area contributed by atoms with Crippen molar-refractivity contribution in [2.75, 3.05) is 7.11 Å². The van der Waals surface area contributed by atoms with Crippen LogP contribution in [0, 0.1) is 0 Å². The van der Waals surface area contributed by atoms with E-state index in [-0.39, 0.29) is 0 Å². The molecule has 0 bridgehead atoms. The molecule has 5 heteroatoms. The van der Waals surface area contributed by atoms with Crippen molar-refractivity contribution < 1.29 is 19.1 Å². The first-order valence-corrected chi connectivity index (χ1v) is 6.95. The Hall–Kier alpha value is -3.21. The fourth-order valence-corrected chi connectivity index (χ4v) is 2.42. The van der Waals surface area contributed by atoms with Crippen molar-refractivity contribution in [3.8, 4) is 0 Å². The first-order valence-electron chi connectivity index (χ1n) is 6.95. The molecular weight excluding hydrogens is 294 g/mol. The van der Waals surface area contributed by atoms with Crippen molar-refractivity contribution in [2.24, 2.45) is 0 Å². The number of hydrogen-bond acceptors (Lipinski definition) is 4.